The molecule has 0 saturated heterocycles. The molecule has 0 N–H and O–H groups in total. The molecular formula is C18H17ClN2S. The van der Waals surface area contributed by atoms with Gasteiger partial charge in [-0.1, -0.05) is 65.3 Å². The van der Waals surface area contributed by atoms with Crippen LogP contribution in [0, 0.1) is 6.92 Å². The lowest BCUT2D eigenvalue weighted by atomic mass is 10.2. The van der Waals surface area contributed by atoms with Crippen LogP contribution in [-0.4, -0.2) is 9.55 Å². The highest BCUT2D eigenvalue weighted by molar-refractivity contribution is 7.98. The Morgan fingerprint density at radius 1 is 1.05 bits per heavy atom. The summed E-state index contributed by atoms with van der Waals surface area (Å²) < 4.78 is 2.13. The molecule has 1 aromatic heterocycles. The molecule has 3 aromatic rings. The molecule has 0 amide bonds. The van der Waals surface area contributed by atoms with Gasteiger partial charge in [0.25, 0.3) is 0 Å². The minimum Gasteiger partial charge on any atom is -0.322 e. The maximum absolute atomic E-state index is 5.95. The molecule has 0 bridgehead atoms. The van der Waals surface area contributed by atoms with Gasteiger partial charge in [-0.2, -0.15) is 0 Å². The third-order valence-electron chi connectivity index (χ3n) is 3.57. The molecule has 3 rings (SSSR count). The summed E-state index contributed by atoms with van der Waals surface area (Å²) in [5.74, 6) is 0.922. The lowest BCUT2D eigenvalue weighted by Crippen LogP contribution is -1.94. The van der Waals surface area contributed by atoms with Crippen LogP contribution in [0.1, 0.15) is 11.1 Å². The fraction of sp³-hybridized carbons (Fsp3) is 0.167. The number of nitrogens with zero attached hydrogens (tertiary/aromatic N) is 2. The molecule has 0 saturated carbocycles. The third kappa shape index (κ3) is 3.37. The summed E-state index contributed by atoms with van der Waals surface area (Å²) >= 11 is 7.70. The number of rotatable bonds is 4. The van der Waals surface area contributed by atoms with Crippen LogP contribution in [0.4, 0.5) is 0 Å². The van der Waals surface area contributed by atoms with Crippen LogP contribution in [-0.2, 0) is 12.8 Å². The van der Waals surface area contributed by atoms with Crippen molar-refractivity contribution >= 4 is 23.4 Å². The molecule has 1 heterocycles. The van der Waals surface area contributed by atoms with Crippen molar-refractivity contribution in [3.63, 3.8) is 0 Å². The fourth-order valence-corrected chi connectivity index (χ4v) is 3.28. The summed E-state index contributed by atoms with van der Waals surface area (Å²) in [4.78, 5) is 4.54. The number of hydrogen-bond acceptors (Lipinski definition) is 2. The van der Waals surface area contributed by atoms with Gasteiger partial charge in [0.1, 0.15) is 0 Å². The molecule has 0 radical (unpaired) electrons. The first kappa shape index (κ1) is 15.2. The predicted molar refractivity (Wildman–Crippen MR) is 94.4 cm³/mol. The summed E-state index contributed by atoms with van der Waals surface area (Å²) in [5, 5.41) is 1.77. The van der Waals surface area contributed by atoms with Crippen LogP contribution in [0.5, 0.6) is 0 Å². The first-order valence-electron chi connectivity index (χ1n) is 7.09. The summed E-state index contributed by atoms with van der Waals surface area (Å²) in [6.07, 6.45) is 1.92. The number of aryl methyl sites for hydroxylation is 1. The normalized spacial score (nSPS) is 10.9. The largest absolute Gasteiger partial charge is 0.322 e. The predicted octanol–water partition coefficient (Wildman–Crippen LogP) is 5.34. The molecule has 0 spiro atoms. The highest BCUT2D eigenvalue weighted by Crippen LogP contribution is 2.27. The third-order valence-corrected chi connectivity index (χ3v) is 4.94. The van der Waals surface area contributed by atoms with Gasteiger partial charge in [-0.3, -0.25) is 0 Å². The van der Waals surface area contributed by atoms with Crippen molar-refractivity contribution in [2.75, 3.05) is 0 Å². The monoisotopic (exact) mass is 328 g/mol. The fourth-order valence-electron chi connectivity index (χ4n) is 2.25. The van der Waals surface area contributed by atoms with Crippen LogP contribution in [0.15, 0.2) is 59.9 Å². The number of thioether (sulfide) groups is 1. The van der Waals surface area contributed by atoms with Gasteiger partial charge < -0.3 is 4.57 Å². The van der Waals surface area contributed by atoms with E-state index < -0.39 is 0 Å². The van der Waals surface area contributed by atoms with Crippen molar-refractivity contribution in [2.45, 2.75) is 17.8 Å². The van der Waals surface area contributed by atoms with Crippen molar-refractivity contribution in [3.8, 4) is 11.3 Å². The quantitative estimate of drug-likeness (QED) is 0.601. The second-order valence-electron chi connectivity index (χ2n) is 5.27. The molecule has 0 aliphatic heterocycles. The summed E-state index contributed by atoms with van der Waals surface area (Å²) in [6, 6.07) is 16.5. The molecule has 112 valence electrons. The Morgan fingerprint density at radius 2 is 1.73 bits per heavy atom. The van der Waals surface area contributed by atoms with Gasteiger partial charge in [0.05, 0.1) is 11.9 Å². The summed E-state index contributed by atoms with van der Waals surface area (Å²) in [6.45, 7) is 2.11. The van der Waals surface area contributed by atoms with Crippen molar-refractivity contribution in [1.29, 1.82) is 0 Å². The van der Waals surface area contributed by atoms with E-state index in [1.807, 2.05) is 30.5 Å². The summed E-state index contributed by atoms with van der Waals surface area (Å²) in [7, 11) is 2.05. The van der Waals surface area contributed by atoms with E-state index in [1.165, 1.54) is 11.1 Å². The minimum absolute atomic E-state index is 0.750. The molecule has 2 nitrogen and oxygen atoms in total. The van der Waals surface area contributed by atoms with E-state index in [-0.39, 0.29) is 0 Å². The van der Waals surface area contributed by atoms with Crippen LogP contribution >= 0.6 is 23.4 Å². The zero-order valence-electron chi connectivity index (χ0n) is 12.6. The van der Waals surface area contributed by atoms with Crippen molar-refractivity contribution < 1.29 is 0 Å². The summed E-state index contributed by atoms with van der Waals surface area (Å²) in [5.41, 5.74) is 4.83. The zero-order valence-corrected chi connectivity index (χ0v) is 14.2. The topological polar surface area (TPSA) is 17.8 Å². The highest BCUT2D eigenvalue weighted by Gasteiger charge is 2.09. The van der Waals surface area contributed by atoms with Crippen molar-refractivity contribution in [1.82, 2.24) is 9.55 Å². The Labute approximate surface area is 140 Å². The van der Waals surface area contributed by atoms with Crippen molar-refractivity contribution in [2.24, 2.45) is 7.05 Å². The number of imidazole rings is 1. The zero-order chi connectivity index (χ0) is 15.5. The number of hydrogen-bond donors (Lipinski definition) is 0. The molecule has 0 fully saturated rings. The molecule has 0 aliphatic rings. The molecule has 0 unspecified atom stereocenters. The standard InChI is InChI=1S/C18H17ClN2S/c1-13-3-5-14(6-4-13)12-22-18-20-11-17(21(18)2)15-7-9-16(19)10-8-15/h3-11H,12H2,1-2H3. The van der Waals surface area contributed by atoms with E-state index in [0.29, 0.717) is 0 Å². The van der Waals surface area contributed by atoms with Crippen LogP contribution in [0.25, 0.3) is 11.3 Å². The first-order valence-corrected chi connectivity index (χ1v) is 8.46. The molecule has 22 heavy (non-hydrogen) atoms. The van der Waals surface area contributed by atoms with E-state index in [2.05, 4.69) is 47.8 Å². The van der Waals surface area contributed by atoms with Gasteiger partial charge in [-0.05, 0) is 30.2 Å². The average Bonchev–Trinajstić information content (AvgIpc) is 2.89. The number of aromatic nitrogens is 2. The van der Waals surface area contributed by atoms with Gasteiger partial charge in [-0.25, -0.2) is 4.98 Å². The van der Waals surface area contributed by atoms with Gasteiger partial charge in [0.15, 0.2) is 5.16 Å². The van der Waals surface area contributed by atoms with Crippen LogP contribution in [0.3, 0.4) is 0 Å². The molecule has 4 heteroatoms. The lowest BCUT2D eigenvalue weighted by molar-refractivity contribution is 0.796. The Kier molecular flexibility index (Phi) is 4.55. The van der Waals surface area contributed by atoms with E-state index in [4.69, 9.17) is 11.6 Å². The Morgan fingerprint density at radius 3 is 2.41 bits per heavy atom. The lowest BCUT2D eigenvalue weighted by Gasteiger charge is -2.06. The highest BCUT2D eigenvalue weighted by atomic mass is 35.5. The van der Waals surface area contributed by atoms with E-state index in [9.17, 15) is 0 Å². The minimum atomic E-state index is 0.750. The number of benzene rings is 2. The van der Waals surface area contributed by atoms with E-state index >= 15 is 0 Å². The van der Waals surface area contributed by atoms with Crippen LogP contribution in [0.2, 0.25) is 5.02 Å². The first-order chi connectivity index (χ1) is 10.6. The van der Waals surface area contributed by atoms with Crippen molar-refractivity contribution in [3.05, 3.63) is 70.9 Å². The maximum Gasteiger partial charge on any atom is 0.168 e. The second kappa shape index (κ2) is 6.59. The average molecular weight is 329 g/mol. The smallest absolute Gasteiger partial charge is 0.168 e. The van der Waals surface area contributed by atoms with Gasteiger partial charge in [0, 0.05) is 17.8 Å². The van der Waals surface area contributed by atoms with Gasteiger partial charge in [-0.15, -0.1) is 0 Å². The molecule has 0 aliphatic carbocycles. The Bertz CT molecular complexity index is 761. The second-order valence-corrected chi connectivity index (χ2v) is 6.65. The molecule has 0 atom stereocenters. The van der Waals surface area contributed by atoms with Gasteiger partial charge >= 0.3 is 0 Å². The Hall–Kier alpha value is -1.71. The van der Waals surface area contributed by atoms with Crippen LogP contribution < -0.4 is 0 Å². The molecule has 2 aromatic carbocycles. The van der Waals surface area contributed by atoms with Gasteiger partial charge in [0.2, 0.25) is 0 Å². The van der Waals surface area contributed by atoms with E-state index in [0.717, 1.165) is 27.2 Å². The molecular weight excluding hydrogens is 312 g/mol. The Balaban J connectivity index is 1.75. The SMILES string of the molecule is Cc1ccc(CSc2ncc(-c3ccc(Cl)cc3)n2C)cc1. The van der Waals surface area contributed by atoms with E-state index in [1.54, 1.807) is 11.8 Å². The maximum atomic E-state index is 5.95. The number of halogens is 1.